The second kappa shape index (κ2) is 3.30. The molecule has 1 aliphatic heterocycles. The van der Waals surface area contributed by atoms with Crippen LogP contribution in [-0.2, 0) is 4.74 Å². The molecule has 0 radical (unpaired) electrons. The summed E-state index contributed by atoms with van der Waals surface area (Å²) in [4.78, 5) is 0. The fourth-order valence-electron chi connectivity index (χ4n) is 1.20. The lowest BCUT2D eigenvalue weighted by atomic mass is 10.3. The predicted octanol–water partition coefficient (Wildman–Crippen LogP) is 2.36. The van der Waals surface area contributed by atoms with E-state index >= 15 is 0 Å². The maximum Gasteiger partial charge on any atom is 0.172 e. The first kappa shape index (κ1) is 7.22. The second-order valence-corrected chi connectivity index (χ2v) is 2.74. The first-order chi connectivity index (χ1) is 5.95. The molecule has 0 amide bonds. The lowest BCUT2D eigenvalue weighted by Crippen LogP contribution is -2.16. The summed E-state index contributed by atoms with van der Waals surface area (Å²) in [7, 11) is 0. The lowest BCUT2D eigenvalue weighted by molar-refractivity contribution is 0.197. The summed E-state index contributed by atoms with van der Waals surface area (Å²) in [6, 6.07) is 10.1. The molecule has 0 aliphatic carbocycles. The molecule has 1 atom stereocenters. The fraction of sp³-hybridized carbons (Fsp3) is 0.200. The molecule has 1 aromatic carbocycles. The topological polar surface area (TPSA) is 21.3 Å². The Labute approximate surface area is 71.9 Å². The summed E-state index contributed by atoms with van der Waals surface area (Å²) < 4.78 is 5.27. The van der Waals surface area contributed by atoms with Gasteiger partial charge in [0.1, 0.15) is 0 Å². The predicted molar refractivity (Wildman–Crippen MR) is 48.7 cm³/mol. The van der Waals surface area contributed by atoms with Crippen molar-refractivity contribution in [3.8, 4) is 0 Å². The van der Waals surface area contributed by atoms with Gasteiger partial charge in [0.15, 0.2) is 6.23 Å². The molecule has 0 aromatic heterocycles. The zero-order chi connectivity index (χ0) is 8.23. The minimum atomic E-state index is 0.118. The van der Waals surface area contributed by atoms with Crippen LogP contribution >= 0.6 is 0 Å². The van der Waals surface area contributed by atoms with Crippen LogP contribution in [0.5, 0.6) is 0 Å². The van der Waals surface area contributed by atoms with E-state index in [4.69, 9.17) is 4.74 Å². The third-order valence-corrected chi connectivity index (χ3v) is 1.79. The van der Waals surface area contributed by atoms with Gasteiger partial charge in [-0.1, -0.05) is 18.2 Å². The van der Waals surface area contributed by atoms with E-state index in [1.165, 1.54) is 0 Å². The minimum absolute atomic E-state index is 0.118. The average molecular weight is 161 g/mol. The Hall–Kier alpha value is -1.44. The Morgan fingerprint density at radius 3 is 2.75 bits per heavy atom. The molecule has 2 nitrogen and oxygen atoms in total. The maximum atomic E-state index is 5.27. The molecule has 0 fully saturated rings. The van der Waals surface area contributed by atoms with E-state index in [2.05, 4.69) is 5.32 Å². The van der Waals surface area contributed by atoms with Gasteiger partial charge in [-0.2, -0.15) is 0 Å². The van der Waals surface area contributed by atoms with Gasteiger partial charge in [-0.25, -0.2) is 0 Å². The molecule has 62 valence electrons. The highest BCUT2D eigenvalue weighted by Crippen LogP contribution is 2.13. The zero-order valence-electron chi connectivity index (χ0n) is 6.73. The molecule has 0 spiro atoms. The Kier molecular flexibility index (Phi) is 1.99. The number of anilines is 1. The molecular formula is C10H11NO. The molecule has 0 bridgehead atoms. The number of para-hydroxylation sites is 1. The Morgan fingerprint density at radius 2 is 2.08 bits per heavy atom. The molecule has 0 saturated heterocycles. The van der Waals surface area contributed by atoms with Crippen LogP contribution in [0, 0.1) is 0 Å². The highest BCUT2D eigenvalue weighted by molar-refractivity contribution is 5.43. The Balaban J connectivity index is 1.95. The summed E-state index contributed by atoms with van der Waals surface area (Å²) in [5, 5.41) is 3.26. The highest BCUT2D eigenvalue weighted by Gasteiger charge is 2.09. The summed E-state index contributed by atoms with van der Waals surface area (Å²) in [5.74, 6) is 0. The van der Waals surface area contributed by atoms with E-state index < -0.39 is 0 Å². The average Bonchev–Trinajstić information content (AvgIpc) is 2.59. The SMILES string of the molecule is C1=COC(Nc2ccccc2)C1. The van der Waals surface area contributed by atoms with Gasteiger partial charge in [-0.15, -0.1) is 0 Å². The summed E-state index contributed by atoms with van der Waals surface area (Å²) in [6.45, 7) is 0. The smallest absolute Gasteiger partial charge is 0.172 e. The number of hydrogen-bond donors (Lipinski definition) is 1. The van der Waals surface area contributed by atoms with Crippen molar-refractivity contribution in [1.82, 2.24) is 0 Å². The summed E-state index contributed by atoms with van der Waals surface area (Å²) in [5.41, 5.74) is 1.10. The van der Waals surface area contributed by atoms with Gasteiger partial charge in [-0.3, -0.25) is 0 Å². The van der Waals surface area contributed by atoms with Gasteiger partial charge >= 0.3 is 0 Å². The normalized spacial score (nSPS) is 20.5. The first-order valence-electron chi connectivity index (χ1n) is 4.07. The third kappa shape index (κ3) is 1.59. The van der Waals surface area contributed by atoms with Crippen molar-refractivity contribution in [3.05, 3.63) is 42.7 Å². The second-order valence-electron chi connectivity index (χ2n) is 2.74. The van der Waals surface area contributed by atoms with E-state index in [-0.39, 0.29) is 6.23 Å². The van der Waals surface area contributed by atoms with Gasteiger partial charge in [0.25, 0.3) is 0 Å². The van der Waals surface area contributed by atoms with Gasteiger partial charge in [0.2, 0.25) is 0 Å². The summed E-state index contributed by atoms with van der Waals surface area (Å²) in [6.07, 6.45) is 4.81. The van der Waals surface area contributed by atoms with Crippen LogP contribution < -0.4 is 5.32 Å². The Morgan fingerprint density at radius 1 is 1.25 bits per heavy atom. The van der Waals surface area contributed by atoms with Gasteiger partial charge in [0.05, 0.1) is 6.26 Å². The van der Waals surface area contributed by atoms with Crippen molar-refractivity contribution in [2.24, 2.45) is 0 Å². The third-order valence-electron chi connectivity index (χ3n) is 1.79. The number of benzene rings is 1. The molecule has 12 heavy (non-hydrogen) atoms. The van der Waals surface area contributed by atoms with E-state index in [9.17, 15) is 0 Å². The fourth-order valence-corrected chi connectivity index (χ4v) is 1.20. The van der Waals surface area contributed by atoms with Gasteiger partial charge in [-0.05, 0) is 18.2 Å². The number of ether oxygens (including phenoxy) is 1. The molecule has 1 aromatic rings. The quantitative estimate of drug-likeness (QED) is 0.718. The van der Waals surface area contributed by atoms with Gasteiger partial charge < -0.3 is 10.1 Å². The van der Waals surface area contributed by atoms with Crippen molar-refractivity contribution in [1.29, 1.82) is 0 Å². The molecule has 1 N–H and O–H groups in total. The van der Waals surface area contributed by atoms with E-state index in [0.717, 1.165) is 12.1 Å². The minimum Gasteiger partial charge on any atom is -0.478 e. The van der Waals surface area contributed by atoms with Crippen LogP contribution in [-0.4, -0.2) is 6.23 Å². The monoisotopic (exact) mass is 161 g/mol. The molecule has 2 rings (SSSR count). The zero-order valence-corrected chi connectivity index (χ0v) is 6.73. The molecule has 0 saturated carbocycles. The van der Waals surface area contributed by atoms with Crippen LogP contribution in [0.1, 0.15) is 6.42 Å². The number of rotatable bonds is 2. The molecule has 1 unspecified atom stereocenters. The van der Waals surface area contributed by atoms with E-state index in [1.54, 1.807) is 6.26 Å². The molecular weight excluding hydrogens is 150 g/mol. The standard InChI is InChI=1S/C10H11NO/c1-2-5-9(6-3-1)11-10-7-4-8-12-10/h1-6,8,10-11H,7H2. The summed E-state index contributed by atoms with van der Waals surface area (Å²) >= 11 is 0. The van der Waals surface area contributed by atoms with Crippen molar-refractivity contribution in [2.75, 3.05) is 5.32 Å². The molecule has 2 heteroatoms. The number of hydrogen-bond acceptors (Lipinski definition) is 2. The maximum absolute atomic E-state index is 5.27. The van der Waals surface area contributed by atoms with Crippen molar-refractivity contribution in [3.63, 3.8) is 0 Å². The van der Waals surface area contributed by atoms with Gasteiger partial charge in [0, 0.05) is 12.1 Å². The lowest BCUT2D eigenvalue weighted by Gasteiger charge is -2.13. The number of nitrogens with one attached hydrogen (secondary N) is 1. The van der Waals surface area contributed by atoms with Crippen molar-refractivity contribution in [2.45, 2.75) is 12.6 Å². The van der Waals surface area contributed by atoms with Crippen LogP contribution in [0.25, 0.3) is 0 Å². The van der Waals surface area contributed by atoms with E-state index in [0.29, 0.717) is 0 Å². The molecule has 1 heterocycles. The van der Waals surface area contributed by atoms with E-state index in [1.807, 2.05) is 36.4 Å². The first-order valence-corrected chi connectivity index (χ1v) is 4.07. The van der Waals surface area contributed by atoms with Crippen LogP contribution in [0.4, 0.5) is 5.69 Å². The Bertz CT molecular complexity index is 260. The van der Waals surface area contributed by atoms with Crippen LogP contribution in [0.15, 0.2) is 42.7 Å². The largest absolute Gasteiger partial charge is 0.478 e. The molecule has 1 aliphatic rings. The van der Waals surface area contributed by atoms with Crippen LogP contribution in [0.3, 0.4) is 0 Å². The van der Waals surface area contributed by atoms with Crippen molar-refractivity contribution >= 4 is 5.69 Å². The van der Waals surface area contributed by atoms with Crippen LogP contribution in [0.2, 0.25) is 0 Å². The van der Waals surface area contributed by atoms with Crippen molar-refractivity contribution < 1.29 is 4.74 Å². The highest BCUT2D eigenvalue weighted by atomic mass is 16.5.